The molecule has 0 saturated carbocycles. The summed E-state index contributed by atoms with van der Waals surface area (Å²) >= 11 is 0. The van der Waals surface area contributed by atoms with E-state index in [2.05, 4.69) is 16.7 Å². The number of nitrogens with zero attached hydrogens (tertiary/aromatic N) is 1. The summed E-state index contributed by atoms with van der Waals surface area (Å²) in [6.07, 6.45) is 3.73. The summed E-state index contributed by atoms with van der Waals surface area (Å²) in [7, 11) is 1.99. The Morgan fingerprint density at radius 3 is 2.41 bits per heavy atom. The van der Waals surface area contributed by atoms with Crippen LogP contribution in [0.5, 0.6) is 0 Å². The monoisotopic (exact) mass is 231 g/mol. The first-order chi connectivity index (χ1) is 8.36. The molecule has 0 amide bonds. The van der Waals surface area contributed by atoms with Crippen LogP contribution >= 0.6 is 0 Å². The predicted octanol–water partition coefficient (Wildman–Crippen LogP) is 2.04. The maximum absolute atomic E-state index is 8.67. The van der Waals surface area contributed by atoms with Gasteiger partial charge in [0.25, 0.3) is 0 Å². The van der Waals surface area contributed by atoms with Gasteiger partial charge in [0.05, 0.1) is 11.6 Å². The number of nitrogens with one attached hydrogen (secondary N) is 2. The van der Waals surface area contributed by atoms with Gasteiger partial charge in [-0.3, -0.25) is 0 Å². The maximum atomic E-state index is 8.67. The Kier molecular flexibility index (Phi) is 7.04. The first-order valence-electron chi connectivity index (χ1n) is 6.21. The lowest BCUT2D eigenvalue weighted by Crippen LogP contribution is -2.15. The van der Waals surface area contributed by atoms with E-state index in [1.165, 1.54) is 24.8 Å². The summed E-state index contributed by atoms with van der Waals surface area (Å²) in [4.78, 5) is 0. The quantitative estimate of drug-likeness (QED) is 0.673. The first kappa shape index (κ1) is 13.7. The van der Waals surface area contributed by atoms with Crippen molar-refractivity contribution in [2.24, 2.45) is 0 Å². The molecule has 0 aliphatic rings. The zero-order chi connectivity index (χ0) is 12.3. The fraction of sp³-hybridized carbons (Fsp3) is 0.500. The van der Waals surface area contributed by atoms with Crippen molar-refractivity contribution >= 4 is 0 Å². The van der Waals surface area contributed by atoms with Crippen molar-refractivity contribution in [3.8, 4) is 6.07 Å². The Hall–Kier alpha value is -1.37. The highest BCUT2D eigenvalue weighted by Gasteiger charge is 1.94. The minimum absolute atomic E-state index is 0.723. The van der Waals surface area contributed by atoms with Gasteiger partial charge in [0, 0.05) is 6.54 Å². The van der Waals surface area contributed by atoms with Gasteiger partial charge in [0.2, 0.25) is 0 Å². The van der Waals surface area contributed by atoms with E-state index in [9.17, 15) is 0 Å². The minimum Gasteiger partial charge on any atom is -0.320 e. The zero-order valence-corrected chi connectivity index (χ0v) is 10.5. The largest absolute Gasteiger partial charge is 0.320 e. The molecule has 3 heteroatoms. The van der Waals surface area contributed by atoms with Crippen LogP contribution in [0.1, 0.15) is 30.4 Å². The zero-order valence-electron chi connectivity index (χ0n) is 10.5. The van der Waals surface area contributed by atoms with Gasteiger partial charge in [-0.25, -0.2) is 0 Å². The van der Waals surface area contributed by atoms with Crippen molar-refractivity contribution in [1.29, 1.82) is 5.26 Å². The predicted molar refractivity (Wildman–Crippen MR) is 70.6 cm³/mol. The third kappa shape index (κ3) is 6.06. The standard InChI is InChI=1S/C14H21N3/c1-16-9-3-2-4-10-17-12-14-7-5-13(11-15)6-8-14/h5-8,16-17H,2-4,9-10,12H2,1H3. The average molecular weight is 231 g/mol. The number of hydrogen-bond acceptors (Lipinski definition) is 3. The van der Waals surface area contributed by atoms with Crippen LogP contribution in [0.15, 0.2) is 24.3 Å². The van der Waals surface area contributed by atoms with Gasteiger partial charge >= 0.3 is 0 Å². The molecule has 0 aromatic heterocycles. The van der Waals surface area contributed by atoms with Gasteiger partial charge in [-0.1, -0.05) is 18.6 Å². The van der Waals surface area contributed by atoms with Crippen molar-refractivity contribution in [2.75, 3.05) is 20.1 Å². The molecule has 0 spiro atoms. The number of unbranched alkanes of at least 4 members (excludes halogenated alkanes) is 2. The summed E-state index contributed by atoms with van der Waals surface area (Å²) in [6, 6.07) is 9.87. The molecular formula is C14H21N3. The summed E-state index contributed by atoms with van der Waals surface area (Å²) < 4.78 is 0. The topological polar surface area (TPSA) is 47.8 Å². The molecule has 1 rings (SSSR count). The van der Waals surface area contributed by atoms with Gasteiger partial charge < -0.3 is 10.6 Å². The van der Waals surface area contributed by atoms with Gasteiger partial charge in [-0.2, -0.15) is 5.26 Å². The van der Waals surface area contributed by atoms with Crippen molar-refractivity contribution < 1.29 is 0 Å². The van der Waals surface area contributed by atoms with Gasteiger partial charge in [0.15, 0.2) is 0 Å². The highest BCUT2D eigenvalue weighted by atomic mass is 14.8. The van der Waals surface area contributed by atoms with Gasteiger partial charge in [-0.15, -0.1) is 0 Å². The number of rotatable bonds is 8. The molecule has 92 valence electrons. The first-order valence-corrected chi connectivity index (χ1v) is 6.21. The lowest BCUT2D eigenvalue weighted by Gasteiger charge is -2.05. The second-order valence-corrected chi connectivity index (χ2v) is 4.15. The summed E-state index contributed by atoms with van der Waals surface area (Å²) in [5.74, 6) is 0. The lowest BCUT2D eigenvalue weighted by molar-refractivity contribution is 0.590. The van der Waals surface area contributed by atoms with E-state index in [0.29, 0.717) is 0 Å². The minimum atomic E-state index is 0.723. The second kappa shape index (κ2) is 8.74. The van der Waals surface area contributed by atoms with Crippen molar-refractivity contribution in [3.05, 3.63) is 35.4 Å². The molecule has 3 nitrogen and oxygen atoms in total. The van der Waals surface area contributed by atoms with E-state index in [1.54, 1.807) is 0 Å². The summed E-state index contributed by atoms with van der Waals surface area (Å²) in [5.41, 5.74) is 1.96. The smallest absolute Gasteiger partial charge is 0.0991 e. The highest BCUT2D eigenvalue weighted by molar-refractivity contribution is 5.31. The Morgan fingerprint density at radius 1 is 1.06 bits per heavy atom. The normalized spacial score (nSPS) is 10.1. The van der Waals surface area contributed by atoms with Crippen LogP contribution in [0.2, 0.25) is 0 Å². The molecule has 0 bridgehead atoms. The Morgan fingerprint density at radius 2 is 1.76 bits per heavy atom. The summed E-state index contributed by atoms with van der Waals surface area (Å²) in [5, 5.41) is 15.2. The molecule has 0 aliphatic carbocycles. The van der Waals surface area contributed by atoms with Crippen LogP contribution in [0.25, 0.3) is 0 Å². The molecule has 1 aromatic carbocycles. The van der Waals surface area contributed by atoms with E-state index >= 15 is 0 Å². The fourth-order valence-electron chi connectivity index (χ4n) is 1.66. The van der Waals surface area contributed by atoms with Crippen molar-refractivity contribution in [3.63, 3.8) is 0 Å². The molecule has 17 heavy (non-hydrogen) atoms. The van der Waals surface area contributed by atoms with Gasteiger partial charge in [-0.05, 0) is 50.7 Å². The van der Waals surface area contributed by atoms with Crippen LogP contribution in [0.3, 0.4) is 0 Å². The molecule has 0 aliphatic heterocycles. The van der Waals surface area contributed by atoms with Crippen LogP contribution in [0.4, 0.5) is 0 Å². The summed E-state index contributed by atoms with van der Waals surface area (Å²) in [6.45, 7) is 3.05. The Bertz CT molecular complexity index is 337. The van der Waals surface area contributed by atoms with E-state index in [1.807, 2.05) is 31.3 Å². The van der Waals surface area contributed by atoms with Crippen LogP contribution in [-0.4, -0.2) is 20.1 Å². The fourth-order valence-corrected chi connectivity index (χ4v) is 1.66. The number of nitriles is 1. The molecule has 0 saturated heterocycles. The van der Waals surface area contributed by atoms with Crippen LogP contribution in [-0.2, 0) is 6.54 Å². The van der Waals surface area contributed by atoms with Crippen LogP contribution in [0, 0.1) is 11.3 Å². The Labute approximate surface area is 104 Å². The molecule has 1 aromatic rings. The molecule has 0 heterocycles. The van der Waals surface area contributed by atoms with Crippen molar-refractivity contribution in [1.82, 2.24) is 10.6 Å². The molecule has 0 radical (unpaired) electrons. The third-order valence-electron chi connectivity index (χ3n) is 2.69. The second-order valence-electron chi connectivity index (χ2n) is 4.15. The lowest BCUT2D eigenvalue weighted by atomic mass is 10.1. The molecule has 2 N–H and O–H groups in total. The molecular weight excluding hydrogens is 210 g/mol. The van der Waals surface area contributed by atoms with E-state index < -0.39 is 0 Å². The van der Waals surface area contributed by atoms with E-state index in [-0.39, 0.29) is 0 Å². The van der Waals surface area contributed by atoms with Gasteiger partial charge in [0.1, 0.15) is 0 Å². The average Bonchev–Trinajstić information content (AvgIpc) is 2.38. The van der Waals surface area contributed by atoms with E-state index in [4.69, 9.17) is 5.26 Å². The van der Waals surface area contributed by atoms with Crippen molar-refractivity contribution in [2.45, 2.75) is 25.8 Å². The number of benzene rings is 1. The Balaban J connectivity index is 2.08. The van der Waals surface area contributed by atoms with E-state index in [0.717, 1.165) is 25.2 Å². The molecule has 0 unspecified atom stereocenters. The number of hydrogen-bond donors (Lipinski definition) is 2. The van der Waals surface area contributed by atoms with Crippen LogP contribution < -0.4 is 10.6 Å². The third-order valence-corrected chi connectivity index (χ3v) is 2.69. The highest BCUT2D eigenvalue weighted by Crippen LogP contribution is 2.02. The SMILES string of the molecule is CNCCCCCNCc1ccc(C#N)cc1. The molecule has 0 fully saturated rings. The molecule has 0 atom stereocenters. The maximum Gasteiger partial charge on any atom is 0.0991 e.